The molecule has 4 nitrogen and oxygen atoms in total. The summed E-state index contributed by atoms with van der Waals surface area (Å²) >= 11 is 6.25. The van der Waals surface area contributed by atoms with Crippen LogP contribution in [0, 0.1) is 5.82 Å². The summed E-state index contributed by atoms with van der Waals surface area (Å²) in [5, 5.41) is 0.315. The van der Waals surface area contributed by atoms with Crippen LogP contribution in [0.5, 0.6) is 11.5 Å². The molecule has 0 bridgehead atoms. The van der Waals surface area contributed by atoms with Gasteiger partial charge in [0.05, 0.1) is 22.4 Å². The summed E-state index contributed by atoms with van der Waals surface area (Å²) in [6, 6.07) is 10.5. The van der Waals surface area contributed by atoms with Crippen molar-refractivity contribution < 1.29 is 13.9 Å². The molecule has 1 aromatic heterocycles. The average Bonchev–Trinajstić information content (AvgIpc) is 3.32. The van der Waals surface area contributed by atoms with Crippen molar-refractivity contribution in [3.8, 4) is 34.1 Å². The highest BCUT2D eigenvalue weighted by molar-refractivity contribution is 6.33. The lowest BCUT2D eigenvalue weighted by atomic mass is 9.95. The molecule has 0 unspecified atom stereocenters. The van der Waals surface area contributed by atoms with Crippen molar-refractivity contribution in [2.45, 2.75) is 51.2 Å². The summed E-state index contributed by atoms with van der Waals surface area (Å²) in [5.74, 6) is 1.52. The van der Waals surface area contributed by atoms with Crippen LogP contribution in [0.2, 0.25) is 5.02 Å². The molecule has 1 aliphatic carbocycles. The van der Waals surface area contributed by atoms with Crippen LogP contribution in [-0.4, -0.2) is 16.1 Å². The number of aromatic amines is 1. The number of nitrogens with zero attached hydrogens (tertiary/aromatic N) is 1. The smallest absolute Gasteiger partial charge is 0.147 e. The van der Waals surface area contributed by atoms with Gasteiger partial charge in [0.25, 0.3) is 0 Å². The Hall–Kier alpha value is -2.53. The van der Waals surface area contributed by atoms with E-state index >= 15 is 0 Å². The number of H-pyrrole nitrogens is 1. The Labute approximate surface area is 174 Å². The van der Waals surface area contributed by atoms with Crippen molar-refractivity contribution in [2.75, 3.05) is 0 Å². The second kappa shape index (κ2) is 6.77. The minimum atomic E-state index is -0.680. The molecule has 0 atom stereocenters. The maximum atomic E-state index is 14.4. The van der Waals surface area contributed by atoms with Crippen LogP contribution in [0.15, 0.2) is 36.4 Å². The molecule has 3 aromatic rings. The van der Waals surface area contributed by atoms with E-state index in [9.17, 15) is 4.39 Å². The van der Waals surface area contributed by atoms with E-state index in [2.05, 4.69) is 9.97 Å². The predicted molar refractivity (Wildman–Crippen MR) is 111 cm³/mol. The predicted octanol–water partition coefficient (Wildman–Crippen LogP) is 6.49. The first-order valence-electron chi connectivity index (χ1n) is 9.97. The molecule has 2 aliphatic rings. The van der Waals surface area contributed by atoms with Crippen molar-refractivity contribution in [1.82, 2.24) is 9.97 Å². The summed E-state index contributed by atoms with van der Waals surface area (Å²) in [6.07, 6.45) is 4.92. The molecule has 5 rings (SSSR count). The van der Waals surface area contributed by atoms with Crippen molar-refractivity contribution >= 4 is 11.6 Å². The van der Waals surface area contributed by atoms with Gasteiger partial charge in [0.2, 0.25) is 0 Å². The van der Waals surface area contributed by atoms with E-state index in [-0.39, 0.29) is 11.7 Å². The zero-order valence-corrected chi connectivity index (χ0v) is 17.1. The van der Waals surface area contributed by atoms with Crippen LogP contribution in [-0.2, 0) is 5.60 Å². The van der Waals surface area contributed by atoms with Gasteiger partial charge < -0.3 is 14.5 Å². The van der Waals surface area contributed by atoms with Crippen LogP contribution < -0.4 is 9.47 Å². The Morgan fingerprint density at radius 3 is 2.76 bits per heavy atom. The molecule has 150 valence electrons. The number of fused-ring (bicyclic) bond motifs is 3. The molecule has 0 spiro atoms. The summed E-state index contributed by atoms with van der Waals surface area (Å²) < 4.78 is 26.8. The number of hydrogen-bond donors (Lipinski definition) is 1. The Kier molecular flexibility index (Phi) is 4.32. The Bertz CT molecular complexity index is 1070. The Morgan fingerprint density at radius 1 is 1.21 bits per heavy atom. The normalized spacial score (nSPS) is 17.5. The standard InChI is InChI=1S/C23H22ClFN2O2/c1-23(2)21-20(26-22(27-21)19-16(24)8-5-9-17(19)25)15-11-10-14(12-18(15)29-23)28-13-6-3-4-7-13/h5,8-13H,3-4,6-7H2,1-2H3,(H,26,27). The number of nitrogens with one attached hydrogen (secondary N) is 1. The molecule has 1 aliphatic heterocycles. The second-order valence-corrected chi connectivity index (χ2v) is 8.61. The lowest BCUT2D eigenvalue weighted by Gasteiger charge is -2.31. The summed E-state index contributed by atoms with van der Waals surface area (Å²) in [7, 11) is 0. The van der Waals surface area contributed by atoms with Crippen LogP contribution in [0.3, 0.4) is 0 Å². The highest BCUT2D eigenvalue weighted by atomic mass is 35.5. The number of aromatic nitrogens is 2. The van der Waals surface area contributed by atoms with Gasteiger partial charge in [-0.2, -0.15) is 0 Å². The van der Waals surface area contributed by atoms with Gasteiger partial charge in [-0.15, -0.1) is 0 Å². The van der Waals surface area contributed by atoms with Gasteiger partial charge in [-0.05, 0) is 63.8 Å². The number of imidazole rings is 1. The minimum Gasteiger partial charge on any atom is -0.490 e. The molecule has 0 saturated heterocycles. The quantitative estimate of drug-likeness (QED) is 0.535. The molecule has 6 heteroatoms. The van der Waals surface area contributed by atoms with Gasteiger partial charge in [0, 0.05) is 11.6 Å². The van der Waals surface area contributed by atoms with Crippen LogP contribution >= 0.6 is 11.6 Å². The van der Waals surface area contributed by atoms with Gasteiger partial charge in [-0.3, -0.25) is 0 Å². The summed E-state index contributed by atoms with van der Waals surface area (Å²) in [5.41, 5.74) is 2.01. The van der Waals surface area contributed by atoms with Crippen LogP contribution in [0.1, 0.15) is 45.2 Å². The maximum Gasteiger partial charge on any atom is 0.147 e. The molecule has 2 heterocycles. The molecule has 29 heavy (non-hydrogen) atoms. The molecule has 0 amide bonds. The number of halogens is 2. The largest absolute Gasteiger partial charge is 0.490 e. The Balaban J connectivity index is 1.58. The van der Waals surface area contributed by atoms with Gasteiger partial charge in [0.15, 0.2) is 0 Å². The van der Waals surface area contributed by atoms with E-state index < -0.39 is 11.4 Å². The lowest BCUT2D eigenvalue weighted by Crippen LogP contribution is -2.29. The fourth-order valence-corrected chi connectivity index (χ4v) is 4.49. The highest BCUT2D eigenvalue weighted by Gasteiger charge is 2.37. The minimum absolute atomic E-state index is 0.266. The lowest BCUT2D eigenvalue weighted by molar-refractivity contribution is 0.100. The first-order valence-corrected chi connectivity index (χ1v) is 10.3. The molecule has 0 radical (unpaired) electrons. The van der Waals surface area contributed by atoms with E-state index in [0.717, 1.165) is 41.3 Å². The van der Waals surface area contributed by atoms with Crippen molar-refractivity contribution in [3.05, 3.63) is 52.9 Å². The van der Waals surface area contributed by atoms with E-state index in [4.69, 9.17) is 21.1 Å². The fraction of sp³-hybridized carbons (Fsp3) is 0.348. The fourth-order valence-electron chi connectivity index (χ4n) is 4.24. The van der Waals surface area contributed by atoms with Gasteiger partial charge >= 0.3 is 0 Å². The number of rotatable bonds is 3. The van der Waals surface area contributed by atoms with E-state index in [1.54, 1.807) is 12.1 Å². The summed E-state index contributed by atoms with van der Waals surface area (Å²) in [4.78, 5) is 7.94. The third kappa shape index (κ3) is 3.18. The maximum absolute atomic E-state index is 14.4. The number of hydrogen-bond acceptors (Lipinski definition) is 3. The molecule has 2 aromatic carbocycles. The topological polar surface area (TPSA) is 47.1 Å². The first kappa shape index (κ1) is 18.5. The van der Waals surface area contributed by atoms with Gasteiger partial charge in [0.1, 0.15) is 34.4 Å². The van der Waals surface area contributed by atoms with Gasteiger partial charge in [-0.25, -0.2) is 9.37 Å². The molecular weight excluding hydrogens is 391 g/mol. The van der Waals surface area contributed by atoms with E-state index in [0.29, 0.717) is 10.8 Å². The van der Waals surface area contributed by atoms with Crippen molar-refractivity contribution in [2.24, 2.45) is 0 Å². The van der Waals surface area contributed by atoms with E-state index in [1.807, 2.05) is 32.0 Å². The molecule has 1 saturated carbocycles. The van der Waals surface area contributed by atoms with Gasteiger partial charge in [-0.1, -0.05) is 17.7 Å². The Morgan fingerprint density at radius 2 is 2.00 bits per heavy atom. The molecule has 1 fully saturated rings. The second-order valence-electron chi connectivity index (χ2n) is 8.20. The zero-order valence-electron chi connectivity index (χ0n) is 16.4. The van der Waals surface area contributed by atoms with E-state index in [1.165, 1.54) is 18.9 Å². The summed E-state index contributed by atoms with van der Waals surface area (Å²) in [6.45, 7) is 3.90. The molecular formula is C23H22ClFN2O2. The molecule has 1 N–H and O–H groups in total. The number of benzene rings is 2. The highest BCUT2D eigenvalue weighted by Crippen LogP contribution is 2.46. The van der Waals surface area contributed by atoms with Crippen LogP contribution in [0.4, 0.5) is 4.39 Å². The SMILES string of the molecule is CC1(C)Oc2cc(OC3CCCC3)ccc2-c2[nH]c(-c3c(F)cccc3Cl)nc21. The third-order valence-corrected chi connectivity index (χ3v) is 5.98. The zero-order chi connectivity index (χ0) is 20.2. The van der Waals surface area contributed by atoms with Crippen molar-refractivity contribution in [3.63, 3.8) is 0 Å². The monoisotopic (exact) mass is 412 g/mol. The first-order chi connectivity index (χ1) is 13.9. The third-order valence-electron chi connectivity index (χ3n) is 5.67. The average molecular weight is 413 g/mol. The number of ether oxygens (including phenoxy) is 2. The van der Waals surface area contributed by atoms with Crippen molar-refractivity contribution in [1.29, 1.82) is 0 Å². The van der Waals surface area contributed by atoms with Crippen LogP contribution in [0.25, 0.3) is 22.6 Å².